The quantitative estimate of drug-likeness (QED) is 0.232. The van der Waals surface area contributed by atoms with Crippen molar-refractivity contribution in [3.8, 4) is 17.5 Å². The number of nitro groups is 1. The average Bonchev–Trinajstić information content (AvgIpc) is 3.64. The zero-order chi connectivity index (χ0) is 25.5. The number of halogens is 1. The molecule has 0 spiro atoms. The SMILES string of the molecule is O=[N+]([O-])c1ccc([C@@H](c2sc3nc(-c4ccco4)nn3c2O)N2CCN(c3cccc(Cl)c3)CC2)cc1. The summed E-state index contributed by atoms with van der Waals surface area (Å²) in [5.74, 6) is 0.895. The number of thiazole rings is 1. The minimum atomic E-state index is -0.417. The maximum absolute atomic E-state index is 11.2. The van der Waals surface area contributed by atoms with E-state index in [4.69, 9.17) is 16.0 Å². The first-order chi connectivity index (χ1) is 18.0. The molecule has 1 saturated heterocycles. The van der Waals surface area contributed by atoms with Gasteiger partial charge in [0.25, 0.3) is 5.69 Å². The Bertz CT molecular complexity index is 1560. The predicted octanol–water partition coefficient (Wildman–Crippen LogP) is 5.23. The molecule has 5 aromatic rings. The molecule has 0 bridgehead atoms. The van der Waals surface area contributed by atoms with Gasteiger partial charge in [-0.15, -0.1) is 5.10 Å². The summed E-state index contributed by atoms with van der Waals surface area (Å²) >= 11 is 7.54. The van der Waals surface area contributed by atoms with E-state index in [2.05, 4.69) is 19.9 Å². The lowest BCUT2D eigenvalue weighted by molar-refractivity contribution is -0.384. The van der Waals surface area contributed by atoms with Crippen molar-refractivity contribution in [1.82, 2.24) is 19.5 Å². The molecule has 1 N–H and O–H groups in total. The normalized spacial score (nSPS) is 15.3. The minimum absolute atomic E-state index is 0.00840. The Hall–Kier alpha value is -3.93. The molecule has 2 aromatic carbocycles. The van der Waals surface area contributed by atoms with Crippen LogP contribution in [0.4, 0.5) is 11.4 Å². The Morgan fingerprint density at radius 3 is 2.51 bits per heavy atom. The zero-order valence-corrected chi connectivity index (χ0v) is 21.0. The van der Waals surface area contributed by atoms with Crippen LogP contribution in [-0.4, -0.2) is 55.7 Å². The van der Waals surface area contributed by atoms with Crippen LogP contribution in [0.1, 0.15) is 16.5 Å². The number of hydrogen-bond acceptors (Lipinski definition) is 9. The van der Waals surface area contributed by atoms with Crippen molar-refractivity contribution in [2.24, 2.45) is 0 Å². The van der Waals surface area contributed by atoms with Crippen molar-refractivity contribution in [3.05, 3.63) is 92.5 Å². The Kier molecular flexibility index (Phi) is 6.03. The second kappa shape index (κ2) is 9.51. The minimum Gasteiger partial charge on any atom is -0.492 e. The van der Waals surface area contributed by atoms with Crippen molar-refractivity contribution < 1.29 is 14.4 Å². The topological polar surface area (TPSA) is 113 Å². The molecule has 1 aliphatic heterocycles. The van der Waals surface area contributed by atoms with Crippen molar-refractivity contribution in [2.45, 2.75) is 6.04 Å². The number of rotatable bonds is 6. The molecule has 3 aromatic heterocycles. The van der Waals surface area contributed by atoms with E-state index in [1.54, 1.807) is 30.5 Å². The van der Waals surface area contributed by atoms with E-state index in [0.717, 1.165) is 24.3 Å². The van der Waals surface area contributed by atoms with Crippen LogP contribution < -0.4 is 4.90 Å². The number of non-ortho nitro benzene ring substituents is 1. The van der Waals surface area contributed by atoms with Gasteiger partial charge in [-0.3, -0.25) is 15.0 Å². The summed E-state index contributed by atoms with van der Waals surface area (Å²) in [6, 6.07) is 17.4. The molecule has 0 saturated carbocycles. The Labute approximate surface area is 220 Å². The lowest BCUT2D eigenvalue weighted by atomic mass is 10.0. The third-order valence-corrected chi connectivity index (χ3v) is 7.77. The van der Waals surface area contributed by atoms with Gasteiger partial charge in [-0.25, -0.2) is 0 Å². The molecule has 0 amide bonds. The van der Waals surface area contributed by atoms with E-state index in [1.165, 1.54) is 28.0 Å². The average molecular weight is 537 g/mol. The van der Waals surface area contributed by atoms with E-state index in [1.807, 2.05) is 24.3 Å². The van der Waals surface area contributed by atoms with Gasteiger partial charge in [0.15, 0.2) is 5.76 Å². The van der Waals surface area contributed by atoms with Gasteiger partial charge in [-0.1, -0.05) is 41.1 Å². The van der Waals surface area contributed by atoms with Gasteiger partial charge in [0.05, 0.1) is 22.1 Å². The maximum Gasteiger partial charge on any atom is 0.269 e. The molecule has 6 rings (SSSR count). The van der Waals surface area contributed by atoms with E-state index >= 15 is 0 Å². The number of anilines is 1. The monoisotopic (exact) mass is 536 g/mol. The highest BCUT2D eigenvalue weighted by Crippen LogP contribution is 2.41. The summed E-state index contributed by atoms with van der Waals surface area (Å²) in [5, 5.41) is 27.6. The zero-order valence-electron chi connectivity index (χ0n) is 19.4. The molecule has 12 heteroatoms. The number of piperazine rings is 1. The Morgan fingerprint density at radius 1 is 1.08 bits per heavy atom. The van der Waals surface area contributed by atoms with Crippen LogP contribution in [0.5, 0.6) is 5.88 Å². The maximum atomic E-state index is 11.2. The molecule has 188 valence electrons. The molecule has 0 aliphatic carbocycles. The first-order valence-corrected chi connectivity index (χ1v) is 12.8. The fraction of sp³-hybridized carbons (Fsp3) is 0.200. The highest BCUT2D eigenvalue weighted by molar-refractivity contribution is 7.17. The summed E-state index contributed by atoms with van der Waals surface area (Å²) in [6.07, 6.45) is 1.55. The highest BCUT2D eigenvalue weighted by Gasteiger charge is 2.32. The lowest BCUT2D eigenvalue weighted by Gasteiger charge is -2.40. The summed E-state index contributed by atoms with van der Waals surface area (Å²) in [7, 11) is 0. The molecule has 4 heterocycles. The van der Waals surface area contributed by atoms with E-state index in [-0.39, 0.29) is 17.6 Å². The number of hydrogen-bond donors (Lipinski definition) is 1. The fourth-order valence-electron chi connectivity index (χ4n) is 4.66. The van der Waals surface area contributed by atoms with Crippen molar-refractivity contribution >= 4 is 39.3 Å². The molecular weight excluding hydrogens is 516 g/mol. The molecule has 0 radical (unpaired) electrons. The second-order valence-electron chi connectivity index (χ2n) is 8.65. The van der Waals surface area contributed by atoms with Gasteiger partial charge in [-0.05, 0) is 35.9 Å². The second-order valence-corrected chi connectivity index (χ2v) is 10.1. The van der Waals surface area contributed by atoms with Crippen LogP contribution in [0.15, 0.2) is 71.3 Å². The summed E-state index contributed by atoms with van der Waals surface area (Å²) in [5.41, 5.74) is 1.92. The number of aromatic nitrogens is 3. The fourth-order valence-corrected chi connectivity index (χ4v) is 5.96. The van der Waals surface area contributed by atoms with Crippen LogP contribution in [0, 0.1) is 10.1 Å². The Morgan fingerprint density at radius 2 is 1.86 bits per heavy atom. The van der Waals surface area contributed by atoms with Crippen LogP contribution >= 0.6 is 22.9 Å². The Balaban J connectivity index is 1.34. The van der Waals surface area contributed by atoms with Gasteiger partial charge in [0, 0.05) is 49.0 Å². The van der Waals surface area contributed by atoms with Crippen LogP contribution in [-0.2, 0) is 0 Å². The summed E-state index contributed by atoms with van der Waals surface area (Å²) in [6.45, 7) is 2.93. The number of fused-ring (bicyclic) bond motifs is 1. The van der Waals surface area contributed by atoms with Gasteiger partial charge >= 0.3 is 0 Å². The molecule has 0 unspecified atom stereocenters. The van der Waals surface area contributed by atoms with Crippen LogP contribution in [0.25, 0.3) is 16.5 Å². The number of nitrogens with zero attached hydrogens (tertiary/aromatic N) is 6. The molecule has 1 aliphatic rings. The highest BCUT2D eigenvalue weighted by atomic mass is 35.5. The molecule has 1 atom stereocenters. The van der Waals surface area contributed by atoms with E-state index < -0.39 is 4.92 Å². The molecule has 1 fully saturated rings. The molecular formula is C25H21ClN6O4S. The largest absolute Gasteiger partial charge is 0.492 e. The van der Waals surface area contributed by atoms with Gasteiger partial charge < -0.3 is 14.4 Å². The van der Waals surface area contributed by atoms with E-state index in [9.17, 15) is 15.2 Å². The number of nitro benzene ring substituents is 1. The van der Waals surface area contributed by atoms with Crippen molar-refractivity contribution in [2.75, 3.05) is 31.1 Å². The standard InChI is InChI=1S/C25H21ClN6O4S/c26-17-3-1-4-19(15-17)29-10-12-30(13-11-29)21(16-6-8-18(9-7-16)32(34)35)22-24(33)31-25(37-22)27-23(28-31)20-5-2-14-36-20/h1-9,14-15,21,33H,10-13H2/t21-/m0/s1. The van der Waals surface area contributed by atoms with Gasteiger partial charge in [-0.2, -0.15) is 9.50 Å². The number of aromatic hydroxyl groups is 1. The van der Waals surface area contributed by atoms with Crippen molar-refractivity contribution in [1.29, 1.82) is 0 Å². The first-order valence-electron chi connectivity index (χ1n) is 11.6. The number of benzene rings is 2. The molecule has 37 heavy (non-hydrogen) atoms. The van der Waals surface area contributed by atoms with Gasteiger partial charge in [0.1, 0.15) is 0 Å². The molecule has 10 nitrogen and oxygen atoms in total. The van der Waals surface area contributed by atoms with Gasteiger partial charge in [0.2, 0.25) is 16.7 Å². The van der Waals surface area contributed by atoms with Crippen LogP contribution in [0.3, 0.4) is 0 Å². The van der Waals surface area contributed by atoms with Crippen molar-refractivity contribution in [3.63, 3.8) is 0 Å². The summed E-state index contributed by atoms with van der Waals surface area (Å²) in [4.78, 5) is 21.1. The third-order valence-electron chi connectivity index (χ3n) is 6.46. The first kappa shape index (κ1) is 23.5. The predicted molar refractivity (Wildman–Crippen MR) is 140 cm³/mol. The third kappa shape index (κ3) is 4.41. The lowest BCUT2D eigenvalue weighted by Crippen LogP contribution is -2.47. The summed E-state index contributed by atoms with van der Waals surface area (Å²) < 4.78 is 6.81. The van der Waals surface area contributed by atoms with E-state index in [0.29, 0.717) is 39.5 Å². The van der Waals surface area contributed by atoms with Crippen LogP contribution in [0.2, 0.25) is 5.02 Å². The number of furan rings is 1. The smallest absolute Gasteiger partial charge is 0.269 e.